The Morgan fingerprint density at radius 2 is 2.00 bits per heavy atom. The molecule has 3 heterocycles. The van der Waals surface area contributed by atoms with Crippen LogP contribution in [0.2, 0.25) is 0 Å². The van der Waals surface area contributed by atoms with Crippen LogP contribution in [0.25, 0.3) is 21.7 Å². The van der Waals surface area contributed by atoms with Crippen LogP contribution >= 0.6 is 11.3 Å². The van der Waals surface area contributed by atoms with E-state index in [1.54, 1.807) is 11.0 Å². The Hall–Kier alpha value is -3.28. The minimum atomic E-state index is -0.145. The lowest BCUT2D eigenvalue weighted by Crippen LogP contribution is -2.52. The molecule has 0 spiro atoms. The van der Waals surface area contributed by atoms with E-state index in [1.165, 1.54) is 11.3 Å². The molecule has 3 aromatic rings. The number of thiazole rings is 1. The molecule has 7 nitrogen and oxygen atoms in total. The number of nitrogens with one attached hydrogen (secondary N) is 2. The van der Waals surface area contributed by atoms with Gasteiger partial charge in [-0.05, 0) is 50.6 Å². The van der Waals surface area contributed by atoms with Gasteiger partial charge in [-0.15, -0.1) is 0 Å². The second-order valence-corrected chi connectivity index (χ2v) is 8.76. The molecule has 31 heavy (non-hydrogen) atoms. The van der Waals surface area contributed by atoms with E-state index < -0.39 is 0 Å². The molecule has 0 saturated carbocycles. The number of nitriles is 1. The number of hydrogen-bond donors (Lipinski definition) is 2. The van der Waals surface area contributed by atoms with Crippen LogP contribution in [0.4, 0.5) is 9.93 Å². The summed E-state index contributed by atoms with van der Waals surface area (Å²) >= 11 is 1.44. The second kappa shape index (κ2) is 8.84. The van der Waals surface area contributed by atoms with Gasteiger partial charge in [-0.25, -0.2) is 9.78 Å². The molecule has 2 N–H and O–H groups in total. The van der Waals surface area contributed by atoms with Crippen molar-refractivity contribution in [2.45, 2.75) is 26.8 Å². The van der Waals surface area contributed by atoms with Crippen molar-refractivity contribution in [3.05, 3.63) is 53.3 Å². The van der Waals surface area contributed by atoms with E-state index in [-0.39, 0.29) is 12.1 Å². The molecule has 4 rings (SSSR count). The minimum absolute atomic E-state index is 0.145. The number of anilines is 1. The quantitative estimate of drug-likeness (QED) is 0.647. The second-order valence-electron chi connectivity index (χ2n) is 7.76. The Labute approximate surface area is 185 Å². The van der Waals surface area contributed by atoms with Gasteiger partial charge < -0.3 is 10.2 Å². The normalized spacial score (nSPS) is 16.1. The third kappa shape index (κ3) is 4.74. The number of piperazine rings is 1. The fraction of sp³-hybridized carbons (Fsp3) is 0.304. The lowest BCUT2D eigenvalue weighted by molar-refractivity contribution is 0.192. The zero-order chi connectivity index (χ0) is 22.0. The number of carbonyl (C=O) groups excluding carboxylic acids is 1. The van der Waals surface area contributed by atoms with E-state index >= 15 is 0 Å². The Morgan fingerprint density at radius 3 is 2.71 bits per heavy atom. The van der Waals surface area contributed by atoms with E-state index in [0.29, 0.717) is 23.8 Å². The summed E-state index contributed by atoms with van der Waals surface area (Å²) in [7, 11) is 0. The highest BCUT2D eigenvalue weighted by atomic mass is 32.1. The predicted molar refractivity (Wildman–Crippen MR) is 123 cm³/mol. The highest BCUT2D eigenvalue weighted by Crippen LogP contribution is 2.39. The average molecular weight is 433 g/mol. The lowest BCUT2D eigenvalue weighted by Gasteiger charge is -2.31. The van der Waals surface area contributed by atoms with Gasteiger partial charge in [0.25, 0.3) is 0 Å². The van der Waals surface area contributed by atoms with Crippen LogP contribution in [0, 0.1) is 25.2 Å². The first-order valence-electron chi connectivity index (χ1n) is 10.2. The number of nitrogens with zero attached hydrogens (tertiary/aromatic N) is 4. The van der Waals surface area contributed by atoms with Crippen LogP contribution in [-0.4, -0.2) is 46.6 Å². The van der Waals surface area contributed by atoms with Crippen molar-refractivity contribution in [1.82, 2.24) is 20.2 Å². The van der Waals surface area contributed by atoms with Crippen LogP contribution in [-0.2, 0) is 0 Å². The number of urea groups is 1. The molecule has 1 aliphatic rings. The van der Waals surface area contributed by atoms with E-state index in [2.05, 4.69) is 28.6 Å². The number of hydrogen-bond acceptors (Lipinski definition) is 6. The van der Waals surface area contributed by atoms with E-state index in [9.17, 15) is 10.1 Å². The van der Waals surface area contributed by atoms with Crippen LogP contribution < -0.4 is 10.6 Å². The Bertz CT molecular complexity index is 1140. The monoisotopic (exact) mass is 432 g/mol. The molecule has 2 aromatic heterocycles. The van der Waals surface area contributed by atoms with Crippen LogP contribution in [0.1, 0.15) is 23.9 Å². The van der Waals surface area contributed by atoms with Crippen molar-refractivity contribution < 1.29 is 4.79 Å². The van der Waals surface area contributed by atoms with Gasteiger partial charge in [0.15, 0.2) is 5.13 Å². The van der Waals surface area contributed by atoms with Crippen molar-refractivity contribution in [2.24, 2.45) is 0 Å². The van der Waals surface area contributed by atoms with Gasteiger partial charge >= 0.3 is 6.03 Å². The van der Waals surface area contributed by atoms with E-state index in [0.717, 1.165) is 39.6 Å². The molecule has 1 aromatic carbocycles. The minimum Gasteiger partial charge on any atom is -0.322 e. The molecule has 8 heteroatoms. The molecule has 1 aliphatic heterocycles. The molecular weight excluding hydrogens is 408 g/mol. The summed E-state index contributed by atoms with van der Waals surface area (Å²) in [5, 5.41) is 16.2. The molecular formula is C23H24N6OS. The van der Waals surface area contributed by atoms with Gasteiger partial charge in [-0.2, -0.15) is 5.26 Å². The smallest absolute Gasteiger partial charge is 0.322 e. The molecule has 1 fully saturated rings. The molecule has 1 unspecified atom stereocenters. The maximum absolute atomic E-state index is 12.8. The number of rotatable bonds is 3. The molecule has 1 saturated heterocycles. The van der Waals surface area contributed by atoms with Gasteiger partial charge in [0.2, 0.25) is 0 Å². The molecule has 2 amide bonds. The predicted octanol–water partition coefficient (Wildman–Crippen LogP) is 4.19. The largest absolute Gasteiger partial charge is 0.323 e. The molecule has 0 bridgehead atoms. The highest BCUT2D eigenvalue weighted by Gasteiger charge is 2.23. The van der Waals surface area contributed by atoms with Crippen molar-refractivity contribution in [2.75, 3.05) is 25.0 Å². The first kappa shape index (κ1) is 21.0. The van der Waals surface area contributed by atoms with Crippen LogP contribution in [0.5, 0.6) is 0 Å². The van der Waals surface area contributed by atoms with Crippen LogP contribution in [0.3, 0.4) is 0 Å². The Morgan fingerprint density at radius 1 is 1.23 bits per heavy atom. The SMILES string of the molecule is Cc1cc(-c2sc(NC(=O)N3CCNC(C)C3)nc2-c2cccc(C#N)c2)cc(C)n1. The Balaban J connectivity index is 1.73. The number of benzene rings is 1. The maximum Gasteiger partial charge on any atom is 0.323 e. The first-order chi connectivity index (χ1) is 14.9. The third-order valence-electron chi connectivity index (χ3n) is 5.11. The first-order valence-corrected chi connectivity index (χ1v) is 11.0. The lowest BCUT2D eigenvalue weighted by atomic mass is 10.0. The fourth-order valence-electron chi connectivity index (χ4n) is 3.75. The maximum atomic E-state index is 12.8. The highest BCUT2D eigenvalue weighted by molar-refractivity contribution is 7.19. The number of aryl methyl sites for hydroxylation is 2. The summed E-state index contributed by atoms with van der Waals surface area (Å²) in [5.74, 6) is 0. The summed E-state index contributed by atoms with van der Waals surface area (Å²) < 4.78 is 0. The summed E-state index contributed by atoms with van der Waals surface area (Å²) in [6, 6.07) is 13.7. The molecule has 1 atom stereocenters. The number of aromatic nitrogens is 2. The zero-order valence-electron chi connectivity index (χ0n) is 17.8. The molecule has 0 radical (unpaired) electrons. The third-order valence-corrected chi connectivity index (χ3v) is 6.13. The van der Waals surface area contributed by atoms with Crippen molar-refractivity contribution in [3.63, 3.8) is 0 Å². The number of amides is 2. The van der Waals surface area contributed by atoms with E-state index in [1.807, 2.05) is 44.2 Å². The Kier molecular flexibility index (Phi) is 5.98. The van der Waals surface area contributed by atoms with Crippen LogP contribution in [0.15, 0.2) is 36.4 Å². The molecule has 0 aliphatic carbocycles. The standard InChI is InChI=1S/C23H24N6OS/c1-14-9-19(10-15(2)26-14)21-20(18-6-4-5-17(11-18)12-24)27-22(31-21)28-23(30)29-8-7-25-16(3)13-29/h4-6,9-11,16,25H,7-8,13H2,1-3H3,(H,27,28,30). The van der Waals surface area contributed by atoms with Gasteiger partial charge in [-0.1, -0.05) is 23.5 Å². The van der Waals surface area contributed by atoms with Gasteiger partial charge in [0, 0.05) is 42.6 Å². The van der Waals surface area contributed by atoms with Gasteiger partial charge in [-0.3, -0.25) is 10.3 Å². The van der Waals surface area contributed by atoms with Gasteiger partial charge in [0.1, 0.15) is 0 Å². The van der Waals surface area contributed by atoms with E-state index in [4.69, 9.17) is 4.98 Å². The zero-order valence-corrected chi connectivity index (χ0v) is 18.6. The molecule has 158 valence electrons. The summed E-state index contributed by atoms with van der Waals surface area (Å²) in [6.45, 7) is 8.08. The van der Waals surface area contributed by atoms with Crippen molar-refractivity contribution in [3.8, 4) is 27.8 Å². The number of pyridine rings is 1. The number of carbonyl (C=O) groups is 1. The van der Waals surface area contributed by atoms with Gasteiger partial charge in [0.05, 0.1) is 22.2 Å². The summed E-state index contributed by atoms with van der Waals surface area (Å²) in [6.07, 6.45) is 0. The van der Waals surface area contributed by atoms with Crippen molar-refractivity contribution >= 4 is 22.5 Å². The van der Waals surface area contributed by atoms with Crippen molar-refractivity contribution in [1.29, 1.82) is 5.26 Å². The summed E-state index contributed by atoms with van der Waals surface area (Å²) in [5.41, 5.74) is 4.99. The summed E-state index contributed by atoms with van der Waals surface area (Å²) in [4.78, 5) is 24.8. The average Bonchev–Trinajstić information content (AvgIpc) is 3.17. The topological polar surface area (TPSA) is 93.9 Å². The fourth-order valence-corrected chi connectivity index (χ4v) is 4.72.